The molecule has 82 valence electrons. The zero-order valence-corrected chi connectivity index (χ0v) is 9.45. The molecular formula is C10H6BrFN2O2. The quantitative estimate of drug-likeness (QED) is 0.891. The van der Waals surface area contributed by atoms with Crippen molar-refractivity contribution >= 4 is 21.9 Å². The molecule has 1 aromatic carbocycles. The minimum atomic E-state index is -1.11. The Morgan fingerprint density at radius 1 is 1.38 bits per heavy atom. The van der Waals surface area contributed by atoms with Crippen molar-refractivity contribution in [3.8, 4) is 11.3 Å². The van der Waals surface area contributed by atoms with Crippen molar-refractivity contribution in [3.63, 3.8) is 0 Å². The van der Waals surface area contributed by atoms with Crippen LogP contribution in [0.5, 0.6) is 0 Å². The van der Waals surface area contributed by atoms with Gasteiger partial charge < -0.3 is 10.1 Å². The molecule has 0 aliphatic rings. The summed E-state index contributed by atoms with van der Waals surface area (Å²) in [5.74, 6) is -1.49. The van der Waals surface area contributed by atoms with E-state index in [9.17, 15) is 9.18 Å². The summed E-state index contributed by atoms with van der Waals surface area (Å²) in [6.07, 6.45) is 0. The monoisotopic (exact) mass is 284 g/mol. The molecule has 2 rings (SSSR count). The number of imidazole rings is 1. The number of aromatic carboxylic acids is 1. The van der Waals surface area contributed by atoms with Crippen LogP contribution in [-0.2, 0) is 0 Å². The van der Waals surface area contributed by atoms with Crippen LogP contribution in [0.3, 0.4) is 0 Å². The zero-order chi connectivity index (χ0) is 11.7. The third-order valence-corrected chi connectivity index (χ3v) is 2.38. The second-order valence-corrected chi connectivity index (χ2v) is 3.81. The molecule has 1 heterocycles. The molecule has 0 saturated carbocycles. The molecule has 0 aliphatic heterocycles. The highest BCUT2D eigenvalue weighted by Gasteiger charge is 2.16. The van der Waals surface area contributed by atoms with Crippen molar-refractivity contribution in [3.05, 3.63) is 40.5 Å². The summed E-state index contributed by atoms with van der Waals surface area (Å²) in [7, 11) is 0. The number of nitrogens with zero attached hydrogens (tertiary/aromatic N) is 1. The molecule has 16 heavy (non-hydrogen) atoms. The largest absolute Gasteiger partial charge is 0.477 e. The summed E-state index contributed by atoms with van der Waals surface area (Å²) >= 11 is 3.06. The number of aromatic amines is 1. The Morgan fingerprint density at radius 3 is 2.56 bits per heavy atom. The van der Waals surface area contributed by atoms with Gasteiger partial charge in [-0.2, -0.15) is 0 Å². The van der Waals surface area contributed by atoms with E-state index in [1.807, 2.05) is 0 Å². The van der Waals surface area contributed by atoms with E-state index in [0.29, 0.717) is 10.3 Å². The van der Waals surface area contributed by atoms with Gasteiger partial charge in [0, 0.05) is 5.56 Å². The number of hydrogen-bond acceptors (Lipinski definition) is 2. The number of H-pyrrole nitrogens is 1. The standard InChI is InChI=1S/C10H6BrFN2O2/c11-10-13-7(8(14-10)9(15)16)5-1-3-6(12)4-2-5/h1-4H,(H,13,14)(H,15,16). The van der Waals surface area contributed by atoms with E-state index in [2.05, 4.69) is 25.9 Å². The Balaban J connectivity index is 2.55. The molecule has 0 spiro atoms. The molecule has 0 saturated heterocycles. The Hall–Kier alpha value is -1.69. The molecule has 1 aromatic heterocycles. The molecule has 4 nitrogen and oxygen atoms in total. The van der Waals surface area contributed by atoms with Crippen LogP contribution in [0.2, 0.25) is 0 Å². The maximum absolute atomic E-state index is 12.7. The summed E-state index contributed by atoms with van der Waals surface area (Å²) < 4.78 is 13.0. The van der Waals surface area contributed by atoms with Crippen LogP contribution < -0.4 is 0 Å². The normalized spacial score (nSPS) is 10.4. The van der Waals surface area contributed by atoms with Gasteiger partial charge in [0.2, 0.25) is 0 Å². The van der Waals surface area contributed by atoms with Crippen molar-refractivity contribution in [1.29, 1.82) is 0 Å². The number of hydrogen-bond donors (Lipinski definition) is 2. The average molecular weight is 285 g/mol. The lowest BCUT2D eigenvalue weighted by Crippen LogP contribution is -1.99. The fourth-order valence-electron chi connectivity index (χ4n) is 1.32. The lowest BCUT2D eigenvalue weighted by Gasteiger charge is -1.98. The number of nitrogens with one attached hydrogen (secondary N) is 1. The first-order valence-corrected chi connectivity index (χ1v) is 5.12. The van der Waals surface area contributed by atoms with E-state index < -0.39 is 5.97 Å². The molecule has 0 amide bonds. The van der Waals surface area contributed by atoms with Gasteiger partial charge in [-0.3, -0.25) is 0 Å². The highest BCUT2D eigenvalue weighted by molar-refractivity contribution is 9.10. The summed E-state index contributed by atoms with van der Waals surface area (Å²) in [5.41, 5.74) is 0.790. The van der Waals surface area contributed by atoms with Crippen LogP contribution in [0.4, 0.5) is 4.39 Å². The zero-order valence-electron chi connectivity index (χ0n) is 7.87. The second-order valence-electron chi connectivity index (χ2n) is 3.06. The van der Waals surface area contributed by atoms with Crippen LogP contribution in [0, 0.1) is 5.82 Å². The molecule has 0 atom stereocenters. The summed E-state index contributed by atoms with van der Waals surface area (Å²) in [6, 6.07) is 5.46. The lowest BCUT2D eigenvalue weighted by molar-refractivity contribution is 0.0692. The topological polar surface area (TPSA) is 66.0 Å². The first-order valence-electron chi connectivity index (χ1n) is 4.32. The van der Waals surface area contributed by atoms with Gasteiger partial charge in [-0.25, -0.2) is 14.2 Å². The number of rotatable bonds is 2. The van der Waals surface area contributed by atoms with Crippen molar-refractivity contribution in [2.24, 2.45) is 0 Å². The number of carboxylic acid groups (broad SMARTS) is 1. The maximum Gasteiger partial charge on any atom is 0.354 e. The highest BCUT2D eigenvalue weighted by atomic mass is 79.9. The highest BCUT2D eigenvalue weighted by Crippen LogP contribution is 2.23. The number of halogens is 2. The Kier molecular flexibility index (Phi) is 2.74. The summed E-state index contributed by atoms with van der Waals surface area (Å²) in [4.78, 5) is 17.5. The van der Waals surface area contributed by atoms with Crippen molar-refractivity contribution in [2.45, 2.75) is 0 Å². The molecule has 0 radical (unpaired) electrons. The van der Waals surface area contributed by atoms with E-state index in [0.717, 1.165) is 0 Å². The molecule has 2 aromatic rings. The first kappa shape index (κ1) is 10.8. The van der Waals surface area contributed by atoms with Crippen LogP contribution in [0.25, 0.3) is 11.3 Å². The third kappa shape index (κ3) is 1.96. The Labute approximate surface area is 98.3 Å². The van der Waals surface area contributed by atoms with Gasteiger partial charge in [0.25, 0.3) is 0 Å². The number of benzene rings is 1. The van der Waals surface area contributed by atoms with E-state index in [-0.39, 0.29) is 17.2 Å². The summed E-state index contributed by atoms with van der Waals surface area (Å²) in [6.45, 7) is 0. The average Bonchev–Trinajstić information content (AvgIpc) is 2.61. The molecule has 0 fully saturated rings. The van der Waals surface area contributed by atoms with Gasteiger partial charge in [0.05, 0.1) is 0 Å². The van der Waals surface area contributed by atoms with E-state index in [1.54, 1.807) is 0 Å². The van der Waals surface area contributed by atoms with Crippen LogP contribution in [0.15, 0.2) is 29.0 Å². The number of carbonyl (C=O) groups is 1. The van der Waals surface area contributed by atoms with E-state index in [1.165, 1.54) is 24.3 Å². The van der Waals surface area contributed by atoms with Gasteiger partial charge in [0.1, 0.15) is 11.5 Å². The van der Waals surface area contributed by atoms with Gasteiger partial charge >= 0.3 is 5.97 Å². The molecule has 0 unspecified atom stereocenters. The number of carboxylic acids is 1. The van der Waals surface area contributed by atoms with Crippen LogP contribution in [0.1, 0.15) is 10.5 Å². The third-order valence-electron chi connectivity index (χ3n) is 2.01. The minimum absolute atomic E-state index is 0.0292. The Bertz CT molecular complexity index is 536. The predicted octanol–water partition coefficient (Wildman–Crippen LogP) is 2.68. The van der Waals surface area contributed by atoms with Crippen molar-refractivity contribution in [2.75, 3.05) is 0 Å². The minimum Gasteiger partial charge on any atom is -0.477 e. The van der Waals surface area contributed by atoms with E-state index >= 15 is 0 Å². The van der Waals surface area contributed by atoms with Crippen LogP contribution in [-0.4, -0.2) is 21.0 Å². The smallest absolute Gasteiger partial charge is 0.354 e. The molecule has 0 bridgehead atoms. The predicted molar refractivity (Wildman–Crippen MR) is 58.6 cm³/mol. The lowest BCUT2D eigenvalue weighted by atomic mass is 10.1. The van der Waals surface area contributed by atoms with Gasteiger partial charge in [-0.05, 0) is 40.2 Å². The fourth-order valence-corrected chi connectivity index (χ4v) is 1.69. The SMILES string of the molecule is O=C(O)c1[nH]c(Br)nc1-c1ccc(F)cc1. The first-order chi connectivity index (χ1) is 7.58. The Morgan fingerprint density at radius 2 is 2.00 bits per heavy atom. The van der Waals surface area contributed by atoms with Crippen molar-refractivity contribution in [1.82, 2.24) is 9.97 Å². The van der Waals surface area contributed by atoms with Crippen LogP contribution >= 0.6 is 15.9 Å². The molecule has 0 aliphatic carbocycles. The van der Waals surface area contributed by atoms with Gasteiger partial charge in [-0.15, -0.1) is 0 Å². The summed E-state index contributed by atoms with van der Waals surface area (Å²) in [5, 5.41) is 8.93. The second kappa shape index (κ2) is 4.05. The van der Waals surface area contributed by atoms with Crippen molar-refractivity contribution < 1.29 is 14.3 Å². The van der Waals surface area contributed by atoms with E-state index in [4.69, 9.17) is 5.11 Å². The maximum atomic E-state index is 12.7. The fraction of sp³-hybridized carbons (Fsp3) is 0. The van der Waals surface area contributed by atoms with Gasteiger partial charge in [0.15, 0.2) is 10.4 Å². The molecule has 6 heteroatoms. The molecule has 2 N–H and O–H groups in total. The van der Waals surface area contributed by atoms with Gasteiger partial charge in [-0.1, -0.05) is 0 Å². The molecular weight excluding hydrogens is 279 g/mol. The number of aromatic nitrogens is 2.